The van der Waals surface area contributed by atoms with Gasteiger partial charge in [0.25, 0.3) is 11.8 Å². The average Bonchev–Trinajstić information content (AvgIpc) is 3.33. The molecule has 0 bridgehead atoms. The summed E-state index contributed by atoms with van der Waals surface area (Å²) in [6.07, 6.45) is 0. The Bertz CT molecular complexity index is 3200. The average molecular weight is 1080 g/mol. The number of fused-ring (bicyclic) bond motifs is 2. The molecule has 356 valence electrons. The lowest BCUT2D eigenvalue weighted by Crippen LogP contribution is -2.30. The van der Waals surface area contributed by atoms with Gasteiger partial charge in [0.15, 0.2) is 11.5 Å². The van der Waals surface area contributed by atoms with E-state index in [1.165, 1.54) is 0 Å². The maximum Gasteiger partial charge on any atom is 0.259 e. The first-order valence-electron chi connectivity index (χ1n) is 22.0. The fourth-order valence-electron chi connectivity index (χ4n) is 7.09. The van der Waals surface area contributed by atoms with Crippen LogP contribution in [0.3, 0.4) is 0 Å². The van der Waals surface area contributed by atoms with Gasteiger partial charge in [0.2, 0.25) is 11.8 Å². The summed E-state index contributed by atoms with van der Waals surface area (Å²) < 4.78 is -1.59. The largest absolute Gasteiger partial charge is 0.505 e. The highest BCUT2D eigenvalue weighted by molar-refractivity contribution is 9.10. The van der Waals surface area contributed by atoms with Crippen LogP contribution >= 0.6 is 31.9 Å². The van der Waals surface area contributed by atoms with E-state index in [0.29, 0.717) is 55.7 Å². The van der Waals surface area contributed by atoms with E-state index in [1.54, 1.807) is 137 Å². The van der Waals surface area contributed by atoms with E-state index in [4.69, 9.17) is 0 Å². The Morgan fingerprint density at radius 2 is 0.775 bits per heavy atom. The third-order valence-electron chi connectivity index (χ3n) is 10.9. The van der Waals surface area contributed by atoms with E-state index in [9.17, 15) is 29.4 Å². The number of anilines is 6. The van der Waals surface area contributed by atoms with Crippen LogP contribution in [-0.2, 0) is 9.59 Å². The zero-order valence-corrected chi connectivity index (χ0v) is 41.8. The number of phenols is 2. The number of alkyl halides is 2. The van der Waals surface area contributed by atoms with Gasteiger partial charge in [0.1, 0.15) is 11.4 Å². The lowest BCUT2D eigenvalue weighted by molar-refractivity contribution is -0.118. The van der Waals surface area contributed by atoms with Crippen molar-refractivity contribution in [3.8, 4) is 11.5 Å². The first kappa shape index (κ1) is 49.2. The van der Waals surface area contributed by atoms with Crippen LogP contribution < -0.4 is 26.6 Å². The van der Waals surface area contributed by atoms with E-state index in [0.717, 1.165) is 11.4 Å². The van der Waals surface area contributed by atoms with E-state index >= 15 is 0 Å². The Balaban J connectivity index is 0.940. The Kier molecular flexibility index (Phi) is 14.4. The van der Waals surface area contributed by atoms with Crippen molar-refractivity contribution in [3.05, 3.63) is 169 Å². The third-order valence-corrected chi connectivity index (χ3v) is 11.6. The van der Waals surface area contributed by atoms with Crippen LogP contribution in [0.5, 0.6) is 11.5 Å². The standard InChI is InChI=1S/C54H45Br2N9O6/c1-53(2,55)51(70)60-39-15-9-13-37(29-39)58-49(68)43-27-31-11-5-7-17-41(31)45(47(43)66)64-62-35-23-19-33(20-24-35)57-34-21-25-36(26-22-34)63-65-46-42-18-8-6-12-32(42)28-44(48(46)67)50(69)59-38-14-10-16-40(30-38)61-52(71)54(3,4)56/h5-30,57,66-67H,1-4H3,(H,58,68)(H,59,69)(H,60,70)(H,61,71). The summed E-state index contributed by atoms with van der Waals surface area (Å²) in [5.41, 5.74) is 4.48. The molecule has 0 aliphatic heterocycles. The van der Waals surface area contributed by atoms with Gasteiger partial charge in [-0.15, -0.1) is 10.2 Å². The number of rotatable bonds is 14. The van der Waals surface area contributed by atoms with E-state index < -0.39 is 20.5 Å². The van der Waals surface area contributed by atoms with E-state index in [1.807, 2.05) is 48.5 Å². The first-order valence-corrected chi connectivity index (χ1v) is 23.6. The summed E-state index contributed by atoms with van der Waals surface area (Å²) in [4.78, 5) is 52.2. The fraction of sp³-hybridized carbons (Fsp3) is 0.111. The van der Waals surface area contributed by atoms with E-state index in [2.05, 4.69) is 78.9 Å². The number of carbonyl (C=O) groups excluding carboxylic acids is 4. The van der Waals surface area contributed by atoms with Crippen LogP contribution in [0.4, 0.5) is 56.9 Å². The highest BCUT2D eigenvalue weighted by Gasteiger charge is 2.26. The quantitative estimate of drug-likeness (QED) is 0.0412. The van der Waals surface area contributed by atoms with Crippen molar-refractivity contribution in [2.24, 2.45) is 20.5 Å². The molecule has 8 aromatic rings. The predicted octanol–water partition coefficient (Wildman–Crippen LogP) is 14.7. The molecule has 0 unspecified atom stereocenters. The molecule has 71 heavy (non-hydrogen) atoms. The maximum atomic E-state index is 13.6. The number of amides is 4. The SMILES string of the molecule is CC(C)(Br)C(=O)Nc1cccc(NC(=O)c2cc3ccccc3c(N=Nc3ccc(Nc4ccc(N=Nc5c(O)c(C(=O)Nc6cccc(NC(=O)C(C)(C)Br)c6)cc6ccccc56)cc4)cc3)c2O)c1. The van der Waals surface area contributed by atoms with Gasteiger partial charge in [-0.05, 0) is 136 Å². The molecule has 0 saturated carbocycles. The van der Waals surface area contributed by atoms with Crippen LogP contribution in [0, 0.1) is 0 Å². The summed E-state index contributed by atoms with van der Waals surface area (Å²) >= 11 is 6.70. The molecule has 0 atom stereocenters. The zero-order valence-electron chi connectivity index (χ0n) is 38.6. The van der Waals surface area contributed by atoms with Crippen molar-refractivity contribution in [2.45, 2.75) is 36.3 Å². The second kappa shape index (κ2) is 20.8. The minimum Gasteiger partial charge on any atom is -0.505 e. The molecule has 7 N–H and O–H groups in total. The molecule has 8 rings (SSSR count). The number of azo groups is 2. The minimum absolute atomic E-state index is 0.00961. The van der Waals surface area contributed by atoms with Crippen molar-refractivity contribution < 1.29 is 29.4 Å². The number of hydrogen-bond donors (Lipinski definition) is 7. The van der Waals surface area contributed by atoms with Crippen molar-refractivity contribution in [3.63, 3.8) is 0 Å². The summed E-state index contributed by atoms with van der Waals surface area (Å²) in [6, 6.07) is 45.3. The summed E-state index contributed by atoms with van der Waals surface area (Å²) in [5, 5.41) is 57.6. The van der Waals surface area contributed by atoms with Gasteiger partial charge < -0.3 is 36.8 Å². The van der Waals surface area contributed by atoms with Crippen molar-refractivity contribution >= 4 is 134 Å². The highest BCUT2D eigenvalue weighted by atomic mass is 79.9. The normalized spacial score (nSPS) is 11.7. The van der Waals surface area contributed by atoms with Crippen LogP contribution in [0.15, 0.2) is 178 Å². The van der Waals surface area contributed by atoms with Crippen LogP contribution in [0.25, 0.3) is 21.5 Å². The van der Waals surface area contributed by atoms with Crippen LogP contribution in [-0.4, -0.2) is 42.5 Å². The van der Waals surface area contributed by atoms with Gasteiger partial charge in [-0.3, -0.25) is 19.2 Å². The highest BCUT2D eigenvalue weighted by Crippen LogP contribution is 2.42. The number of carbonyl (C=O) groups is 4. The Morgan fingerprint density at radius 3 is 1.14 bits per heavy atom. The lowest BCUT2D eigenvalue weighted by atomic mass is 10.0. The lowest BCUT2D eigenvalue weighted by Gasteiger charge is -2.16. The van der Waals surface area contributed by atoms with Gasteiger partial charge in [-0.2, -0.15) is 10.2 Å². The topological polar surface area (TPSA) is 218 Å². The number of nitrogens with zero attached hydrogens (tertiary/aromatic N) is 4. The van der Waals surface area contributed by atoms with Crippen molar-refractivity contribution in [1.82, 2.24) is 0 Å². The van der Waals surface area contributed by atoms with Gasteiger partial charge in [-0.1, -0.05) is 92.5 Å². The number of halogens is 2. The summed E-state index contributed by atoms with van der Waals surface area (Å²) in [6.45, 7) is 6.90. The number of nitrogens with one attached hydrogen (secondary N) is 5. The fourth-order valence-corrected chi connectivity index (χ4v) is 7.29. The Morgan fingerprint density at radius 1 is 0.423 bits per heavy atom. The molecule has 0 saturated heterocycles. The Labute approximate surface area is 424 Å². The molecule has 0 aliphatic rings. The molecule has 0 aromatic heterocycles. The smallest absolute Gasteiger partial charge is 0.259 e. The number of benzene rings is 8. The molecule has 0 heterocycles. The summed E-state index contributed by atoms with van der Waals surface area (Å²) in [5.74, 6) is -2.36. The molecular weight excluding hydrogens is 1030 g/mol. The first-order chi connectivity index (χ1) is 33.9. The second-order valence-electron chi connectivity index (χ2n) is 17.2. The van der Waals surface area contributed by atoms with Gasteiger partial charge >= 0.3 is 0 Å². The zero-order chi connectivity index (χ0) is 50.5. The number of hydrogen-bond acceptors (Lipinski definition) is 11. The second-order valence-corrected chi connectivity index (χ2v) is 21.2. The molecule has 17 heteroatoms. The van der Waals surface area contributed by atoms with Crippen LogP contribution in [0.1, 0.15) is 48.4 Å². The minimum atomic E-state index is -0.796. The predicted molar refractivity (Wildman–Crippen MR) is 288 cm³/mol. The van der Waals surface area contributed by atoms with Gasteiger partial charge in [0, 0.05) is 44.9 Å². The van der Waals surface area contributed by atoms with Gasteiger partial charge in [0.05, 0.1) is 31.2 Å². The molecule has 0 fully saturated rings. The van der Waals surface area contributed by atoms with Crippen molar-refractivity contribution in [2.75, 3.05) is 26.6 Å². The number of aromatic hydroxyl groups is 2. The molecular formula is C54H45Br2N9O6. The molecule has 0 radical (unpaired) electrons. The van der Waals surface area contributed by atoms with Crippen molar-refractivity contribution in [1.29, 1.82) is 0 Å². The third kappa shape index (κ3) is 12.0. The molecule has 0 aliphatic carbocycles. The maximum absolute atomic E-state index is 13.6. The molecule has 4 amide bonds. The van der Waals surface area contributed by atoms with Crippen LogP contribution in [0.2, 0.25) is 0 Å². The molecule has 0 spiro atoms. The monoisotopic (exact) mass is 1070 g/mol. The summed E-state index contributed by atoms with van der Waals surface area (Å²) in [7, 11) is 0. The van der Waals surface area contributed by atoms with Gasteiger partial charge in [-0.25, -0.2) is 0 Å². The Hall–Kier alpha value is -8.28. The molecule has 8 aromatic carbocycles. The molecule has 15 nitrogen and oxygen atoms in total. The number of phenolic OH excluding ortho intramolecular Hbond substituents is 2. The van der Waals surface area contributed by atoms with E-state index in [-0.39, 0.29) is 45.8 Å².